The number of rotatable bonds is 4. The van der Waals surface area contributed by atoms with Gasteiger partial charge in [-0.15, -0.1) is 0 Å². The van der Waals surface area contributed by atoms with Gasteiger partial charge in [0.15, 0.2) is 0 Å². The lowest BCUT2D eigenvalue weighted by Crippen LogP contribution is -2.47. The Morgan fingerprint density at radius 2 is 2.00 bits per heavy atom. The Labute approximate surface area is 128 Å². The number of carbonyl (C=O) groups is 1. The van der Waals surface area contributed by atoms with Gasteiger partial charge in [-0.05, 0) is 57.4 Å². The zero-order valence-corrected chi connectivity index (χ0v) is 13.2. The van der Waals surface area contributed by atoms with E-state index in [2.05, 4.69) is 10.2 Å². The Bertz CT molecular complexity index is 360. The van der Waals surface area contributed by atoms with Crippen molar-refractivity contribution in [1.82, 2.24) is 10.2 Å². The quantitative estimate of drug-likeness (QED) is 0.834. The molecule has 4 unspecified atom stereocenters. The molecular weight excluding hydrogens is 262 g/mol. The van der Waals surface area contributed by atoms with E-state index in [1.54, 1.807) is 0 Å². The van der Waals surface area contributed by atoms with E-state index in [4.69, 9.17) is 5.73 Å². The topological polar surface area (TPSA) is 58.4 Å². The maximum Gasteiger partial charge on any atom is 0.220 e. The van der Waals surface area contributed by atoms with Gasteiger partial charge >= 0.3 is 0 Å². The molecule has 3 fully saturated rings. The molecular formula is C17H31N3O. The number of nitrogens with zero attached hydrogens (tertiary/aromatic N) is 1. The fraction of sp³-hybridized carbons (Fsp3) is 0.941. The summed E-state index contributed by atoms with van der Waals surface area (Å²) in [6.07, 6.45) is 11.5. The highest BCUT2D eigenvalue weighted by Crippen LogP contribution is 2.28. The van der Waals surface area contributed by atoms with Crippen molar-refractivity contribution < 1.29 is 4.79 Å². The lowest BCUT2D eigenvalue weighted by Gasteiger charge is -2.35. The van der Waals surface area contributed by atoms with Crippen LogP contribution in [0.3, 0.4) is 0 Å². The van der Waals surface area contributed by atoms with Gasteiger partial charge in [0.1, 0.15) is 0 Å². The normalized spacial score (nSPS) is 37.2. The zero-order chi connectivity index (χ0) is 14.7. The Morgan fingerprint density at radius 1 is 1.10 bits per heavy atom. The van der Waals surface area contributed by atoms with Gasteiger partial charge in [0.2, 0.25) is 5.91 Å². The smallest absolute Gasteiger partial charge is 0.220 e. The summed E-state index contributed by atoms with van der Waals surface area (Å²) in [5.41, 5.74) is 6.03. The Morgan fingerprint density at radius 3 is 2.86 bits per heavy atom. The van der Waals surface area contributed by atoms with Crippen molar-refractivity contribution in [2.24, 2.45) is 11.7 Å². The summed E-state index contributed by atoms with van der Waals surface area (Å²) in [7, 11) is 0. The number of hydrogen-bond acceptors (Lipinski definition) is 3. The number of piperidine rings is 1. The van der Waals surface area contributed by atoms with Crippen LogP contribution in [0.25, 0.3) is 0 Å². The number of nitrogens with one attached hydrogen (secondary N) is 1. The number of fused-ring (bicyclic) bond motifs is 1. The maximum absolute atomic E-state index is 12.2. The van der Waals surface area contributed by atoms with Crippen molar-refractivity contribution in [3.05, 3.63) is 0 Å². The Hall–Kier alpha value is -0.610. The largest absolute Gasteiger partial charge is 0.353 e. The fourth-order valence-corrected chi connectivity index (χ4v) is 4.59. The predicted octanol–water partition coefficient (Wildman–Crippen LogP) is 2.03. The van der Waals surface area contributed by atoms with Crippen LogP contribution in [0.4, 0.5) is 0 Å². The highest BCUT2D eigenvalue weighted by atomic mass is 16.1. The van der Waals surface area contributed by atoms with Gasteiger partial charge in [-0.2, -0.15) is 0 Å². The van der Waals surface area contributed by atoms with E-state index in [9.17, 15) is 4.79 Å². The molecule has 0 aromatic heterocycles. The molecule has 1 aliphatic carbocycles. The molecule has 4 atom stereocenters. The van der Waals surface area contributed by atoms with Crippen LogP contribution in [0, 0.1) is 5.92 Å². The molecule has 0 bridgehead atoms. The molecule has 1 amide bonds. The molecule has 2 saturated heterocycles. The lowest BCUT2D eigenvalue weighted by molar-refractivity contribution is -0.122. The van der Waals surface area contributed by atoms with Crippen LogP contribution in [0.5, 0.6) is 0 Å². The van der Waals surface area contributed by atoms with Crippen molar-refractivity contribution in [2.75, 3.05) is 13.1 Å². The summed E-state index contributed by atoms with van der Waals surface area (Å²) >= 11 is 0. The summed E-state index contributed by atoms with van der Waals surface area (Å²) in [6.45, 7) is 2.44. The minimum absolute atomic E-state index is 0.269. The van der Waals surface area contributed by atoms with Crippen LogP contribution in [0.1, 0.15) is 64.2 Å². The predicted molar refractivity (Wildman–Crippen MR) is 84.9 cm³/mol. The first kappa shape index (κ1) is 15.3. The van der Waals surface area contributed by atoms with Crippen molar-refractivity contribution in [1.29, 1.82) is 0 Å². The van der Waals surface area contributed by atoms with Crippen LogP contribution >= 0.6 is 0 Å². The van der Waals surface area contributed by atoms with E-state index in [-0.39, 0.29) is 5.91 Å². The summed E-state index contributed by atoms with van der Waals surface area (Å²) < 4.78 is 0. The monoisotopic (exact) mass is 293 g/mol. The van der Waals surface area contributed by atoms with Crippen molar-refractivity contribution in [3.63, 3.8) is 0 Å². The third kappa shape index (κ3) is 4.19. The Balaban J connectivity index is 1.36. The molecule has 0 radical (unpaired) electrons. The highest BCUT2D eigenvalue weighted by molar-refractivity contribution is 5.76. The molecule has 2 aliphatic heterocycles. The fourth-order valence-electron chi connectivity index (χ4n) is 4.59. The number of carbonyl (C=O) groups excluding carboxylic acids is 1. The van der Waals surface area contributed by atoms with Gasteiger partial charge in [-0.25, -0.2) is 0 Å². The first-order valence-electron chi connectivity index (χ1n) is 8.99. The summed E-state index contributed by atoms with van der Waals surface area (Å²) in [5, 5.41) is 3.29. The maximum atomic E-state index is 12.2. The zero-order valence-electron chi connectivity index (χ0n) is 13.2. The van der Waals surface area contributed by atoms with E-state index in [0.29, 0.717) is 24.4 Å². The van der Waals surface area contributed by atoms with E-state index < -0.39 is 0 Å². The van der Waals surface area contributed by atoms with E-state index >= 15 is 0 Å². The molecule has 120 valence electrons. The van der Waals surface area contributed by atoms with Gasteiger partial charge in [0, 0.05) is 31.1 Å². The van der Waals surface area contributed by atoms with Crippen LogP contribution in [0.15, 0.2) is 0 Å². The van der Waals surface area contributed by atoms with Crippen LogP contribution in [0.2, 0.25) is 0 Å². The van der Waals surface area contributed by atoms with Crippen LogP contribution < -0.4 is 11.1 Å². The molecule has 4 heteroatoms. The van der Waals surface area contributed by atoms with Crippen molar-refractivity contribution in [3.8, 4) is 0 Å². The third-order valence-corrected chi connectivity index (χ3v) is 5.79. The van der Waals surface area contributed by atoms with Crippen LogP contribution in [-0.2, 0) is 4.79 Å². The molecule has 2 heterocycles. The van der Waals surface area contributed by atoms with Gasteiger partial charge in [0.25, 0.3) is 0 Å². The molecule has 0 aromatic carbocycles. The van der Waals surface area contributed by atoms with E-state index in [1.807, 2.05) is 0 Å². The minimum Gasteiger partial charge on any atom is -0.353 e. The number of amides is 1. The second-order valence-electron chi connectivity index (χ2n) is 7.45. The minimum atomic E-state index is 0.269. The van der Waals surface area contributed by atoms with E-state index in [1.165, 1.54) is 51.6 Å². The van der Waals surface area contributed by atoms with Crippen molar-refractivity contribution >= 4 is 5.91 Å². The number of nitrogens with two attached hydrogens (primary N) is 1. The third-order valence-electron chi connectivity index (χ3n) is 5.79. The molecule has 21 heavy (non-hydrogen) atoms. The molecule has 3 aliphatic rings. The first-order chi connectivity index (χ1) is 10.2. The lowest BCUT2D eigenvalue weighted by atomic mass is 9.83. The average molecular weight is 293 g/mol. The second-order valence-corrected chi connectivity index (χ2v) is 7.45. The molecule has 3 rings (SSSR count). The first-order valence-corrected chi connectivity index (χ1v) is 8.99. The van der Waals surface area contributed by atoms with Crippen LogP contribution in [-0.4, -0.2) is 42.0 Å². The molecule has 4 nitrogen and oxygen atoms in total. The molecule has 0 aromatic rings. The van der Waals surface area contributed by atoms with E-state index in [0.717, 1.165) is 25.3 Å². The molecule has 1 saturated carbocycles. The van der Waals surface area contributed by atoms with Gasteiger partial charge in [0.05, 0.1) is 0 Å². The van der Waals surface area contributed by atoms with Crippen molar-refractivity contribution in [2.45, 2.75) is 82.3 Å². The van der Waals surface area contributed by atoms with Gasteiger partial charge in [-0.1, -0.05) is 12.8 Å². The average Bonchev–Trinajstić information content (AvgIpc) is 2.93. The summed E-state index contributed by atoms with van der Waals surface area (Å²) in [5.74, 6) is 0.946. The second kappa shape index (κ2) is 7.10. The number of hydrogen-bond donors (Lipinski definition) is 2. The Kier molecular flexibility index (Phi) is 5.17. The standard InChI is InChI=1S/C17H31N3O/c18-14-4-1-3-13(11-14)6-7-17(21)19-15-8-10-20-9-2-5-16(20)12-15/h13-16H,1-12,18H2,(H,19,21). The van der Waals surface area contributed by atoms with Gasteiger partial charge < -0.3 is 16.0 Å². The molecule has 0 spiro atoms. The SMILES string of the molecule is NC1CCCC(CCC(=O)NC2CCN3CCCC3C2)C1. The molecule has 3 N–H and O–H groups in total. The van der Waals surface area contributed by atoms with Gasteiger partial charge in [-0.3, -0.25) is 4.79 Å². The summed E-state index contributed by atoms with van der Waals surface area (Å²) in [6, 6.07) is 1.53. The highest BCUT2D eigenvalue weighted by Gasteiger charge is 2.32. The summed E-state index contributed by atoms with van der Waals surface area (Å²) in [4.78, 5) is 14.8.